The van der Waals surface area contributed by atoms with E-state index in [1.165, 1.54) is 0 Å². The predicted octanol–water partition coefficient (Wildman–Crippen LogP) is 4.77. The monoisotopic (exact) mass is 445 g/mol. The molecule has 5 nitrogen and oxygen atoms in total. The van der Waals surface area contributed by atoms with E-state index in [4.69, 9.17) is 4.74 Å². The van der Waals surface area contributed by atoms with Crippen molar-refractivity contribution in [1.82, 2.24) is 4.90 Å². The zero-order valence-corrected chi connectivity index (χ0v) is 16.9. The van der Waals surface area contributed by atoms with Gasteiger partial charge in [-0.1, -0.05) is 36.4 Å². The topological polar surface area (TPSA) is 63.7 Å². The average Bonchev–Trinajstić information content (AvgIpc) is 2.92. The predicted molar refractivity (Wildman–Crippen MR) is 109 cm³/mol. The Labute approximate surface area is 169 Å². The van der Waals surface area contributed by atoms with Gasteiger partial charge in [0.1, 0.15) is 5.75 Å². The van der Waals surface area contributed by atoms with Gasteiger partial charge in [-0.05, 0) is 58.4 Å². The van der Waals surface area contributed by atoms with Gasteiger partial charge < -0.3 is 4.74 Å². The molecule has 0 aromatic heterocycles. The molecular weight excluding hydrogens is 430 g/mol. The lowest BCUT2D eigenvalue weighted by Crippen LogP contribution is -2.33. The van der Waals surface area contributed by atoms with Crippen LogP contribution in [0.4, 0.5) is 4.79 Å². The van der Waals surface area contributed by atoms with Crippen molar-refractivity contribution in [3.05, 3.63) is 69.0 Å². The molecule has 0 aliphatic carbocycles. The fraction of sp³-hybridized carbons (Fsp3) is 0.150. The standard InChI is InChI=1S/C20H16BrNO4S/c1-2-26-17-9-8-13(10-15(17)21)11-18-19(24)22(20(25)27-18)12-16(23)14-6-4-3-5-7-14/h3-11H,2,12H2,1H3/b18-11-. The molecule has 1 aliphatic heterocycles. The number of nitrogens with zero attached hydrogens (tertiary/aromatic N) is 1. The maximum absolute atomic E-state index is 12.6. The van der Waals surface area contributed by atoms with Gasteiger partial charge in [-0.25, -0.2) is 0 Å². The van der Waals surface area contributed by atoms with Gasteiger partial charge in [-0.15, -0.1) is 0 Å². The summed E-state index contributed by atoms with van der Waals surface area (Å²) in [5, 5.41) is -0.444. The number of thioether (sulfide) groups is 1. The van der Waals surface area contributed by atoms with Crippen LogP contribution >= 0.6 is 27.7 Å². The number of ether oxygens (including phenoxy) is 1. The first-order chi connectivity index (χ1) is 13.0. The molecule has 138 valence electrons. The summed E-state index contributed by atoms with van der Waals surface area (Å²) < 4.78 is 6.22. The van der Waals surface area contributed by atoms with E-state index < -0.39 is 11.1 Å². The second kappa shape index (κ2) is 8.54. The van der Waals surface area contributed by atoms with Gasteiger partial charge in [0.15, 0.2) is 5.78 Å². The molecule has 1 saturated heterocycles. The molecule has 0 bridgehead atoms. The second-order valence-electron chi connectivity index (χ2n) is 5.68. The Bertz CT molecular complexity index is 927. The second-order valence-corrected chi connectivity index (χ2v) is 7.53. The summed E-state index contributed by atoms with van der Waals surface area (Å²) >= 11 is 4.26. The molecule has 0 spiro atoms. The highest BCUT2D eigenvalue weighted by Crippen LogP contribution is 2.34. The van der Waals surface area contributed by atoms with Crippen LogP contribution in [0, 0.1) is 0 Å². The number of ketones is 1. The minimum atomic E-state index is -0.459. The zero-order chi connectivity index (χ0) is 19.4. The number of carbonyl (C=O) groups excluding carboxylic acids is 3. The van der Waals surface area contributed by atoms with Crippen molar-refractivity contribution < 1.29 is 19.1 Å². The van der Waals surface area contributed by atoms with Crippen LogP contribution < -0.4 is 4.74 Å². The molecule has 7 heteroatoms. The highest BCUT2D eigenvalue weighted by molar-refractivity contribution is 9.10. The third-order valence-corrected chi connectivity index (χ3v) is 5.35. The van der Waals surface area contributed by atoms with Crippen molar-refractivity contribution in [2.45, 2.75) is 6.92 Å². The van der Waals surface area contributed by atoms with Gasteiger partial charge in [0.25, 0.3) is 11.1 Å². The molecule has 0 unspecified atom stereocenters. The number of imide groups is 1. The Kier molecular flexibility index (Phi) is 6.13. The van der Waals surface area contributed by atoms with Crippen LogP contribution in [-0.2, 0) is 4.79 Å². The van der Waals surface area contributed by atoms with Gasteiger partial charge in [-0.2, -0.15) is 0 Å². The molecule has 0 saturated carbocycles. The van der Waals surface area contributed by atoms with Crippen molar-refractivity contribution in [1.29, 1.82) is 0 Å². The van der Waals surface area contributed by atoms with Gasteiger partial charge >= 0.3 is 0 Å². The van der Waals surface area contributed by atoms with Crippen LogP contribution in [0.2, 0.25) is 0 Å². The van der Waals surface area contributed by atoms with Crippen molar-refractivity contribution in [3.63, 3.8) is 0 Å². The number of rotatable bonds is 6. The molecule has 1 fully saturated rings. The number of amides is 2. The number of Topliss-reactive ketones (excluding diaryl/α,β-unsaturated/α-hetero) is 1. The van der Waals surface area contributed by atoms with E-state index in [9.17, 15) is 14.4 Å². The summed E-state index contributed by atoms with van der Waals surface area (Å²) in [5.41, 5.74) is 1.22. The first-order valence-electron chi connectivity index (χ1n) is 8.25. The minimum absolute atomic E-state index is 0.265. The molecule has 0 atom stereocenters. The Morgan fingerprint density at radius 2 is 1.93 bits per heavy atom. The highest BCUT2D eigenvalue weighted by atomic mass is 79.9. The molecule has 27 heavy (non-hydrogen) atoms. The van der Waals surface area contributed by atoms with E-state index in [-0.39, 0.29) is 17.2 Å². The number of hydrogen-bond acceptors (Lipinski definition) is 5. The minimum Gasteiger partial charge on any atom is -0.493 e. The third kappa shape index (κ3) is 4.48. The van der Waals surface area contributed by atoms with Crippen molar-refractivity contribution >= 4 is 50.7 Å². The smallest absolute Gasteiger partial charge is 0.293 e. The summed E-state index contributed by atoms with van der Waals surface area (Å²) in [4.78, 5) is 38.3. The van der Waals surface area contributed by atoms with Gasteiger partial charge in [0.2, 0.25) is 0 Å². The Morgan fingerprint density at radius 1 is 1.19 bits per heavy atom. The van der Waals surface area contributed by atoms with Crippen LogP contribution in [0.15, 0.2) is 57.9 Å². The molecule has 3 rings (SSSR count). The highest BCUT2D eigenvalue weighted by Gasteiger charge is 2.36. The van der Waals surface area contributed by atoms with Crippen LogP contribution in [-0.4, -0.2) is 35.0 Å². The van der Waals surface area contributed by atoms with E-state index in [1.54, 1.807) is 48.5 Å². The lowest BCUT2D eigenvalue weighted by molar-refractivity contribution is -0.122. The van der Waals surface area contributed by atoms with Crippen molar-refractivity contribution in [2.24, 2.45) is 0 Å². The number of carbonyl (C=O) groups is 3. The zero-order valence-electron chi connectivity index (χ0n) is 14.5. The summed E-state index contributed by atoms with van der Waals surface area (Å²) in [6, 6.07) is 14.0. The van der Waals surface area contributed by atoms with E-state index in [0.29, 0.717) is 17.9 Å². The number of hydrogen-bond donors (Lipinski definition) is 0. The molecular formula is C20H16BrNO4S. The van der Waals surface area contributed by atoms with Crippen LogP contribution in [0.5, 0.6) is 5.75 Å². The number of halogens is 1. The van der Waals surface area contributed by atoms with Gasteiger partial charge in [0, 0.05) is 5.56 Å². The average molecular weight is 446 g/mol. The maximum atomic E-state index is 12.6. The van der Waals surface area contributed by atoms with Gasteiger partial charge in [-0.3, -0.25) is 19.3 Å². The molecule has 1 heterocycles. The van der Waals surface area contributed by atoms with E-state index in [1.807, 2.05) is 13.0 Å². The Hall–Kier alpha value is -2.38. The van der Waals surface area contributed by atoms with E-state index >= 15 is 0 Å². The van der Waals surface area contributed by atoms with Crippen LogP contribution in [0.3, 0.4) is 0 Å². The first-order valence-corrected chi connectivity index (χ1v) is 9.86. The van der Waals surface area contributed by atoms with E-state index in [0.717, 1.165) is 26.7 Å². The Balaban J connectivity index is 1.76. The molecule has 0 N–H and O–H groups in total. The lowest BCUT2D eigenvalue weighted by Gasteiger charge is -2.11. The fourth-order valence-electron chi connectivity index (χ4n) is 2.53. The van der Waals surface area contributed by atoms with Crippen molar-refractivity contribution in [3.8, 4) is 5.75 Å². The lowest BCUT2D eigenvalue weighted by atomic mass is 10.1. The van der Waals surface area contributed by atoms with Crippen LogP contribution in [0.1, 0.15) is 22.8 Å². The SMILES string of the molecule is CCOc1ccc(/C=C2\SC(=O)N(CC(=O)c3ccccc3)C2=O)cc1Br. The largest absolute Gasteiger partial charge is 0.493 e. The van der Waals surface area contributed by atoms with Gasteiger partial charge in [0.05, 0.1) is 22.5 Å². The fourth-order valence-corrected chi connectivity index (χ4v) is 3.88. The molecule has 2 aromatic rings. The normalized spacial score (nSPS) is 15.5. The molecule has 2 aromatic carbocycles. The van der Waals surface area contributed by atoms with E-state index in [2.05, 4.69) is 15.9 Å². The quantitative estimate of drug-likeness (QED) is 0.473. The maximum Gasteiger partial charge on any atom is 0.293 e. The molecule has 2 amide bonds. The third-order valence-electron chi connectivity index (χ3n) is 3.82. The first kappa shape index (κ1) is 19.4. The molecule has 0 radical (unpaired) electrons. The van der Waals surface area contributed by atoms with Crippen LogP contribution in [0.25, 0.3) is 6.08 Å². The summed E-state index contributed by atoms with van der Waals surface area (Å²) in [6.07, 6.45) is 1.64. The molecule has 1 aliphatic rings. The van der Waals surface area contributed by atoms with Crippen molar-refractivity contribution in [2.75, 3.05) is 13.2 Å². The summed E-state index contributed by atoms with van der Waals surface area (Å²) in [6.45, 7) is 2.18. The summed E-state index contributed by atoms with van der Waals surface area (Å²) in [5.74, 6) is -0.0292. The number of benzene rings is 2. The summed E-state index contributed by atoms with van der Waals surface area (Å²) in [7, 11) is 0. The Morgan fingerprint density at radius 3 is 2.59 bits per heavy atom.